The number of hydrogen-bond acceptors (Lipinski definition) is 7. The number of benzene rings is 1. The number of guanidine groups is 1. The molecule has 2 atom stereocenters. The van der Waals surface area contributed by atoms with E-state index >= 15 is 0 Å². The summed E-state index contributed by atoms with van der Waals surface area (Å²) in [7, 11) is 3.59. The molecule has 11 heteroatoms. The number of hydrogen-bond donors (Lipinski definition) is 4. The summed E-state index contributed by atoms with van der Waals surface area (Å²) in [6, 6.07) is 6.00. The number of aliphatic imine (C=N–C) groups is 1. The second-order valence-corrected chi connectivity index (χ2v) is 10.5. The predicted molar refractivity (Wildman–Crippen MR) is 148 cm³/mol. The van der Waals surface area contributed by atoms with Gasteiger partial charge in [-0.15, -0.1) is 0 Å². The Morgan fingerprint density at radius 2 is 1.71 bits per heavy atom. The number of nitrogens with two attached hydrogens (primary N) is 2. The maximum atomic E-state index is 12.9. The molecule has 11 nitrogen and oxygen atoms in total. The summed E-state index contributed by atoms with van der Waals surface area (Å²) in [4.78, 5) is 43.3. The van der Waals surface area contributed by atoms with Crippen molar-refractivity contribution in [3.8, 4) is 0 Å². The van der Waals surface area contributed by atoms with Crippen molar-refractivity contribution in [1.29, 1.82) is 0 Å². The van der Waals surface area contributed by atoms with Gasteiger partial charge in [0.15, 0.2) is 5.96 Å². The first-order valence-corrected chi connectivity index (χ1v) is 13.0. The highest BCUT2D eigenvalue weighted by atomic mass is 16.6. The number of amides is 2. The van der Waals surface area contributed by atoms with Gasteiger partial charge in [0.05, 0.1) is 6.04 Å². The fourth-order valence-corrected chi connectivity index (χ4v) is 3.22. The van der Waals surface area contributed by atoms with E-state index in [1.807, 2.05) is 31.2 Å². The van der Waals surface area contributed by atoms with Gasteiger partial charge in [0.2, 0.25) is 5.91 Å². The third kappa shape index (κ3) is 14.4. The number of nitrogens with one attached hydrogen (secondary N) is 2. The van der Waals surface area contributed by atoms with Crippen LogP contribution in [0.4, 0.5) is 4.79 Å². The summed E-state index contributed by atoms with van der Waals surface area (Å²) in [6.07, 6.45) is 1.96. The Morgan fingerprint density at radius 1 is 1.05 bits per heavy atom. The van der Waals surface area contributed by atoms with Crippen molar-refractivity contribution in [2.45, 2.75) is 84.1 Å². The van der Waals surface area contributed by atoms with Crippen molar-refractivity contribution in [3.63, 3.8) is 0 Å². The van der Waals surface area contributed by atoms with Gasteiger partial charge in [0.25, 0.3) is 0 Å². The predicted octanol–water partition coefficient (Wildman–Crippen LogP) is 2.20. The number of unbranched alkanes of at least 4 members (excludes halogenated alkanes) is 1. The van der Waals surface area contributed by atoms with Crippen LogP contribution in [-0.2, 0) is 25.7 Å². The fraction of sp³-hybridized carbons (Fsp3) is 0.630. The zero-order chi connectivity index (χ0) is 28.7. The molecule has 0 heterocycles. The molecule has 0 bridgehead atoms. The molecule has 214 valence electrons. The Kier molecular flexibility index (Phi) is 14.2. The number of carbonyl (C=O) groups excluding carboxylic acids is 3. The van der Waals surface area contributed by atoms with E-state index in [1.54, 1.807) is 39.8 Å². The average molecular weight is 535 g/mol. The molecule has 0 unspecified atom stereocenters. The highest BCUT2D eigenvalue weighted by molar-refractivity contribution is 5.87. The van der Waals surface area contributed by atoms with Gasteiger partial charge in [-0.25, -0.2) is 9.59 Å². The highest BCUT2D eigenvalue weighted by Gasteiger charge is 2.25. The molecule has 0 aliphatic rings. The summed E-state index contributed by atoms with van der Waals surface area (Å²) in [5.74, 6) is -0.561. The highest BCUT2D eigenvalue weighted by Crippen LogP contribution is 2.10. The Morgan fingerprint density at radius 3 is 2.32 bits per heavy atom. The minimum Gasteiger partial charge on any atom is -0.459 e. The van der Waals surface area contributed by atoms with E-state index in [4.69, 9.17) is 20.9 Å². The molecule has 38 heavy (non-hydrogen) atoms. The molecule has 1 rings (SSSR count). The van der Waals surface area contributed by atoms with Crippen molar-refractivity contribution in [2.24, 2.45) is 16.5 Å². The number of esters is 1. The van der Waals surface area contributed by atoms with Crippen LogP contribution in [0.5, 0.6) is 0 Å². The number of aryl methyl sites for hydroxylation is 1. The SMILES string of the molecule is Cc1ccc(COC(=O)[C@H](CCCCNC(=O)OC(C)(C)C)NC(=O)[C@@H](N)CCCN=C(N)N(C)C)cc1. The fourth-order valence-electron chi connectivity index (χ4n) is 3.22. The first-order chi connectivity index (χ1) is 17.8. The lowest BCUT2D eigenvalue weighted by molar-refractivity contribution is -0.149. The summed E-state index contributed by atoms with van der Waals surface area (Å²) in [5.41, 5.74) is 13.2. The number of ether oxygens (including phenoxy) is 2. The minimum absolute atomic E-state index is 0.100. The van der Waals surface area contributed by atoms with Gasteiger partial charge >= 0.3 is 12.1 Å². The number of alkyl carbamates (subject to hydrolysis) is 1. The first kappa shape index (κ1) is 32.7. The molecule has 0 aliphatic heterocycles. The largest absolute Gasteiger partial charge is 0.459 e. The van der Waals surface area contributed by atoms with Gasteiger partial charge in [0.1, 0.15) is 18.2 Å². The van der Waals surface area contributed by atoms with Crippen molar-refractivity contribution in [1.82, 2.24) is 15.5 Å². The average Bonchev–Trinajstić information content (AvgIpc) is 2.83. The van der Waals surface area contributed by atoms with E-state index in [-0.39, 0.29) is 6.61 Å². The van der Waals surface area contributed by atoms with Crippen molar-refractivity contribution < 1.29 is 23.9 Å². The lowest BCUT2D eigenvalue weighted by Crippen LogP contribution is -2.49. The van der Waals surface area contributed by atoms with E-state index in [0.29, 0.717) is 51.2 Å². The number of carbonyl (C=O) groups is 3. The van der Waals surface area contributed by atoms with Crippen molar-refractivity contribution in [2.75, 3.05) is 27.2 Å². The molecule has 0 spiro atoms. The molecule has 0 radical (unpaired) electrons. The van der Waals surface area contributed by atoms with Crippen LogP contribution in [0.3, 0.4) is 0 Å². The Hall–Kier alpha value is -3.34. The summed E-state index contributed by atoms with van der Waals surface area (Å²) < 4.78 is 10.7. The quantitative estimate of drug-likeness (QED) is 0.122. The number of nitrogens with zero attached hydrogens (tertiary/aromatic N) is 2. The monoisotopic (exact) mass is 534 g/mol. The van der Waals surface area contributed by atoms with E-state index in [1.165, 1.54) is 0 Å². The van der Waals surface area contributed by atoms with E-state index in [0.717, 1.165) is 11.1 Å². The summed E-state index contributed by atoms with van der Waals surface area (Å²) in [5, 5.41) is 5.43. The maximum Gasteiger partial charge on any atom is 0.407 e. The van der Waals surface area contributed by atoms with Crippen molar-refractivity contribution in [3.05, 3.63) is 35.4 Å². The molecule has 1 aromatic carbocycles. The van der Waals surface area contributed by atoms with Gasteiger partial charge in [0, 0.05) is 27.2 Å². The van der Waals surface area contributed by atoms with Crippen molar-refractivity contribution >= 4 is 23.9 Å². The van der Waals surface area contributed by atoms with Crippen LogP contribution in [0.25, 0.3) is 0 Å². The lowest BCUT2D eigenvalue weighted by Gasteiger charge is -2.21. The second kappa shape index (κ2) is 16.5. The maximum absolute atomic E-state index is 12.9. The van der Waals surface area contributed by atoms with Crippen LogP contribution in [-0.4, -0.2) is 73.7 Å². The summed E-state index contributed by atoms with van der Waals surface area (Å²) >= 11 is 0. The van der Waals surface area contributed by atoms with Crippen LogP contribution in [0.2, 0.25) is 0 Å². The Bertz CT molecular complexity index is 912. The molecule has 0 saturated heterocycles. The molecule has 0 saturated carbocycles. The Labute approximate surface area is 226 Å². The molecule has 0 fully saturated rings. The molecule has 0 aliphatic carbocycles. The third-order valence-electron chi connectivity index (χ3n) is 5.43. The standard InChI is InChI=1S/C27H46N6O5/c1-19-12-14-20(15-13-19)18-37-24(35)22(11-7-8-16-31-26(36)38-27(2,3)4)32-23(34)21(28)10-9-17-30-25(29)33(5)6/h12-15,21-22H,7-11,16-18,28H2,1-6H3,(H2,29,30)(H,31,36)(H,32,34)/t21-,22-/m0/s1. The van der Waals surface area contributed by atoms with Crippen LogP contribution >= 0.6 is 0 Å². The van der Waals surface area contributed by atoms with Crippen LogP contribution in [0, 0.1) is 6.92 Å². The van der Waals surface area contributed by atoms with Gasteiger partial charge in [-0.05, 0) is 65.4 Å². The number of rotatable bonds is 14. The molecule has 6 N–H and O–H groups in total. The van der Waals surface area contributed by atoms with Gasteiger partial charge in [-0.3, -0.25) is 9.79 Å². The molecule has 0 aromatic heterocycles. The molecule has 2 amide bonds. The second-order valence-electron chi connectivity index (χ2n) is 10.5. The van der Waals surface area contributed by atoms with Gasteiger partial charge < -0.3 is 36.5 Å². The van der Waals surface area contributed by atoms with Crippen LogP contribution in [0.15, 0.2) is 29.3 Å². The lowest BCUT2D eigenvalue weighted by atomic mass is 10.1. The first-order valence-electron chi connectivity index (χ1n) is 13.0. The zero-order valence-electron chi connectivity index (χ0n) is 23.7. The smallest absolute Gasteiger partial charge is 0.407 e. The van der Waals surface area contributed by atoms with E-state index in [2.05, 4.69) is 15.6 Å². The topological polar surface area (TPSA) is 161 Å². The third-order valence-corrected chi connectivity index (χ3v) is 5.43. The van der Waals surface area contributed by atoms with Gasteiger partial charge in [-0.2, -0.15) is 0 Å². The van der Waals surface area contributed by atoms with Gasteiger partial charge in [-0.1, -0.05) is 29.8 Å². The minimum atomic E-state index is -0.858. The zero-order valence-corrected chi connectivity index (χ0v) is 23.7. The Balaban J connectivity index is 2.63. The molecule has 1 aromatic rings. The molecular formula is C27H46N6O5. The summed E-state index contributed by atoms with van der Waals surface area (Å²) in [6.45, 7) is 8.27. The van der Waals surface area contributed by atoms with Crippen LogP contribution in [0.1, 0.15) is 64.0 Å². The van der Waals surface area contributed by atoms with Crippen LogP contribution < -0.4 is 22.1 Å². The van der Waals surface area contributed by atoms with E-state index < -0.39 is 35.7 Å². The molecular weight excluding hydrogens is 488 g/mol. The normalized spacial score (nSPS) is 13.3. The van der Waals surface area contributed by atoms with E-state index in [9.17, 15) is 14.4 Å².